The third kappa shape index (κ3) is 3.94. The Morgan fingerprint density at radius 2 is 1.90 bits per heavy atom. The molecule has 0 radical (unpaired) electrons. The van der Waals surface area contributed by atoms with Crippen molar-refractivity contribution in [1.29, 1.82) is 0 Å². The van der Waals surface area contributed by atoms with E-state index in [4.69, 9.17) is 11.6 Å². The van der Waals surface area contributed by atoms with E-state index in [-0.39, 0.29) is 9.92 Å². The van der Waals surface area contributed by atoms with Gasteiger partial charge < -0.3 is 0 Å². The number of H-pyrrole nitrogens is 1. The van der Waals surface area contributed by atoms with Crippen LogP contribution in [-0.2, 0) is 10.0 Å². The largest absolute Gasteiger partial charge is 0.277 e. The van der Waals surface area contributed by atoms with Crippen molar-refractivity contribution >= 4 is 38.3 Å². The zero-order valence-electron chi connectivity index (χ0n) is 14.8. The summed E-state index contributed by atoms with van der Waals surface area (Å²) in [4.78, 5) is 7.50. The van der Waals surface area contributed by atoms with Crippen LogP contribution in [0.1, 0.15) is 11.1 Å². The highest BCUT2D eigenvalue weighted by Gasteiger charge is 2.20. The van der Waals surface area contributed by atoms with E-state index in [0.717, 1.165) is 24.4 Å². The van der Waals surface area contributed by atoms with Crippen molar-refractivity contribution in [3.63, 3.8) is 0 Å². The van der Waals surface area contributed by atoms with Gasteiger partial charge in [0.05, 0.1) is 22.5 Å². The van der Waals surface area contributed by atoms with E-state index in [9.17, 15) is 17.2 Å². The number of aromatic nitrogens is 4. The number of fused-ring (bicyclic) bond motifs is 1. The Balaban J connectivity index is 1.69. The molecule has 2 N–H and O–H groups in total. The minimum absolute atomic E-state index is 0.0900. The molecule has 0 amide bonds. The molecule has 3 aromatic heterocycles. The fraction of sp³-hybridized carbons (Fsp3) is 0. The number of halogens is 3. The van der Waals surface area contributed by atoms with Crippen LogP contribution in [-0.4, -0.2) is 28.6 Å². The predicted molar refractivity (Wildman–Crippen MR) is 106 cm³/mol. The number of nitrogens with zero attached hydrogens (tertiary/aromatic N) is 3. The van der Waals surface area contributed by atoms with Crippen LogP contribution in [0.2, 0.25) is 5.02 Å². The highest BCUT2D eigenvalue weighted by molar-refractivity contribution is 7.92. The second kappa shape index (κ2) is 7.70. The third-order valence-electron chi connectivity index (χ3n) is 3.95. The summed E-state index contributed by atoms with van der Waals surface area (Å²) in [5.41, 5.74) is -0.112. The number of nitrogens with one attached hydrogen (secondary N) is 2. The first-order valence-corrected chi connectivity index (χ1v) is 10.1. The highest BCUT2D eigenvalue weighted by atomic mass is 35.5. The summed E-state index contributed by atoms with van der Waals surface area (Å²) in [6.45, 7) is 0. The van der Waals surface area contributed by atoms with Gasteiger partial charge >= 0.3 is 0 Å². The molecule has 0 aliphatic rings. The maximum absolute atomic E-state index is 14.8. The van der Waals surface area contributed by atoms with Crippen molar-refractivity contribution in [2.75, 3.05) is 4.72 Å². The van der Waals surface area contributed by atoms with Crippen LogP contribution >= 0.6 is 11.6 Å². The summed E-state index contributed by atoms with van der Waals surface area (Å²) in [7, 11) is -4.20. The summed E-state index contributed by atoms with van der Waals surface area (Å²) in [5.74, 6) is 2.91. The molecule has 30 heavy (non-hydrogen) atoms. The van der Waals surface area contributed by atoms with Crippen molar-refractivity contribution < 1.29 is 17.2 Å². The van der Waals surface area contributed by atoms with Crippen LogP contribution in [0.5, 0.6) is 0 Å². The van der Waals surface area contributed by atoms with E-state index in [1.807, 2.05) is 0 Å². The molecule has 0 bridgehead atoms. The lowest BCUT2D eigenvalue weighted by Gasteiger charge is -2.10. The Bertz CT molecular complexity index is 1440. The number of hydrogen-bond acceptors (Lipinski definition) is 5. The number of anilines is 1. The fourth-order valence-electron chi connectivity index (χ4n) is 2.53. The molecule has 1 aromatic carbocycles. The Hall–Kier alpha value is -3.55. The van der Waals surface area contributed by atoms with E-state index in [1.165, 1.54) is 18.6 Å². The molecule has 0 atom stereocenters. The first kappa shape index (κ1) is 19.8. The minimum atomic E-state index is -4.20. The molecule has 0 saturated carbocycles. The van der Waals surface area contributed by atoms with Gasteiger partial charge in [0.1, 0.15) is 10.7 Å². The zero-order chi connectivity index (χ0) is 21.3. The van der Waals surface area contributed by atoms with Crippen LogP contribution in [0.3, 0.4) is 0 Å². The minimum Gasteiger partial charge on any atom is -0.277 e. The second-order valence-electron chi connectivity index (χ2n) is 6.01. The number of benzene rings is 1. The molecule has 0 unspecified atom stereocenters. The van der Waals surface area contributed by atoms with Crippen LogP contribution in [0.25, 0.3) is 11.0 Å². The van der Waals surface area contributed by atoms with Gasteiger partial charge in [0, 0.05) is 29.5 Å². The van der Waals surface area contributed by atoms with E-state index in [0.29, 0.717) is 16.6 Å². The maximum atomic E-state index is 14.8. The Kier molecular flexibility index (Phi) is 5.07. The van der Waals surface area contributed by atoms with Crippen LogP contribution in [0, 0.1) is 23.5 Å². The number of aromatic amines is 1. The summed E-state index contributed by atoms with van der Waals surface area (Å²) in [5, 5.41) is 7.28. The summed E-state index contributed by atoms with van der Waals surface area (Å²) >= 11 is 5.75. The molecule has 7 nitrogen and oxygen atoms in total. The third-order valence-corrected chi connectivity index (χ3v) is 5.49. The van der Waals surface area contributed by atoms with E-state index < -0.39 is 32.9 Å². The molecule has 3 heterocycles. The first-order chi connectivity index (χ1) is 14.3. The first-order valence-electron chi connectivity index (χ1n) is 8.26. The van der Waals surface area contributed by atoms with Crippen LogP contribution in [0.15, 0.2) is 53.9 Å². The molecular formula is C19H10ClF2N5O2S. The lowest BCUT2D eigenvalue weighted by atomic mass is 10.1. The predicted octanol–water partition coefficient (Wildman–Crippen LogP) is 3.49. The number of sulfonamides is 1. The van der Waals surface area contributed by atoms with E-state index >= 15 is 0 Å². The maximum Gasteiger partial charge on any atom is 0.263 e. The highest BCUT2D eigenvalue weighted by Crippen LogP contribution is 2.24. The molecule has 0 spiro atoms. The quantitative estimate of drug-likeness (QED) is 0.470. The molecule has 4 aromatic rings. The standard InChI is InChI=1S/C19H10ClF2N5O2S/c20-13-6-14(10-23-9-13)30(28,29)27-17-4-3-16(21)15(18(17)22)2-1-11-5-12-8-25-26-19(12)24-7-11/h3-10,27H,(H,24,25,26). The van der Waals surface area contributed by atoms with Crippen LogP contribution in [0.4, 0.5) is 14.5 Å². The Morgan fingerprint density at radius 3 is 2.70 bits per heavy atom. The van der Waals surface area contributed by atoms with Crippen molar-refractivity contribution in [3.8, 4) is 11.8 Å². The van der Waals surface area contributed by atoms with Gasteiger partial charge in [0.2, 0.25) is 0 Å². The van der Waals surface area contributed by atoms with Gasteiger partial charge in [0.25, 0.3) is 10.0 Å². The number of hydrogen-bond donors (Lipinski definition) is 2. The molecule has 0 fully saturated rings. The molecule has 150 valence electrons. The molecule has 4 rings (SSSR count). The normalized spacial score (nSPS) is 11.2. The molecule has 11 heteroatoms. The lowest BCUT2D eigenvalue weighted by molar-refractivity contribution is 0.578. The van der Waals surface area contributed by atoms with Gasteiger partial charge in [-0.25, -0.2) is 22.2 Å². The van der Waals surface area contributed by atoms with Crippen molar-refractivity contribution in [3.05, 3.63) is 76.8 Å². The number of rotatable bonds is 3. The van der Waals surface area contributed by atoms with Gasteiger partial charge in [0.15, 0.2) is 11.5 Å². The van der Waals surface area contributed by atoms with Crippen molar-refractivity contribution in [1.82, 2.24) is 20.2 Å². The topological polar surface area (TPSA) is 101 Å². The summed E-state index contributed by atoms with van der Waals surface area (Å²) in [6.07, 6.45) is 5.26. The van der Waals surface area contributed by atoms with E-state index in [1.54, 1.807) is 6.07 Å². The van der Waals surface area contributed by atoms with Crippen molar-refractivity contribution in [2.45, 2.75) is 4.90 Å². The van der Waals surface area contributed by atoms with Gasteiger partial charge in [-0.3, -0.25) is 14.8 Å². The van der Waals surface area contributed by atoms with Gasteiger partial charge in [-0.05, 0) is 24.3 Å². The average molecular weight is 446 g/mol. The van der Waals surface area contributed by atoms with Gasteiger partial charge in [-0.1, -0.05) is 23.4 Å². The number of pyridine rings is 2. The molecule has 0 aliphatic heterocycles. The lowest BCUT2D eigenvalue weighted by Crippen LogP contribution is -2.15. The molecular weight excluding hydrogens is 436 g/mol. The smallest absolute Gasteiger partial charge is 0.263 e. The van der Waals surface area contributed by atoms with Crippen molar-refractivity contribution in [2.24, 2.45) is 0 Å². The van der Waals surface area contributed by atoms with E-state index in [2.05, 4.69) is 36.7 Å². The average Bonchev–Trinajstić information content (AvgIpc) is 3.18. The van der Waals surface area contributed by atoms with Gasteiger partial charge in [-0.2, -0.15) is 5.10 Å². The molecule has 0 saturated heterocycles. The SMILES string of the molecule is O=S(=O)(Nc1ccc(F)c(C#Cc2cnc3[nH]ncc3c2)c1F)c1cncc(Cl)c1. The fourth-order valence-corrected chi connectivity index (χ4v) is 3.81. The molecule has 0 aliphatic carbocycles. The monoisotopic (exact) mass is 445 g/mol. The second-order valence-corrected chi connectivity index (χ2v) is 8.13. The zero-order valence-corrected chi connectivity index (χ0v) is 16.4. The van der Waals surface area contributed by atoms with Crippen LogP contribution < -0.4 is 4.72 Å². The summed E-state index contributed by atoms with van der Waals surface area (Å²) in [6, 6.07) is 4.68. The van der Waals surface area contributed by atoms with Gasteiger partial charge in [-0.15, -0.1) is 0 Å². The summed E-state index contributed by atoms with van der Waals surface area (Å²) < 4.78 is 56.0. The Morgan fingerprint density at radius 1 is 1.07 bits per heavy atom. The Labute approximate surface area is 174 Å².